The van der Waals surface area contributed by atoms with Crippen molar-refractivity contribution in [1.82, 2.24) is 9.55 Å². The molecular formula is C19H19N3O4S. The van der Waals surface area contributed by atoms with Gasteiger partial charge >= 0.3 is 0 Å². The van der Waals surface area contributed by atoms with Gasteiger partial charge in [-0.1, -0.05) is 36.0 Å². The third-order valence-electron chi connectivity index (χ3n) is 4.34. The van der Waals surface area contributed by atoms with E-state index in [1.165, 1.54) is 17.8 Å². The molecule has 0 saturated heterocycles. The maximum absolute atomic E-state index is 12.8. The molecule has 2 aromatic carbocycles. The zero-order valence-corrected chi connectivity index (χ0v) is 15.6. The van der Waals surface area contributed by atoms with E-state index in [0.717, 1.165) is 5.56 Å². The summed E-state index contributed by atoms with van der Waals surface area (Å²) in [6, 6.07) is 12.1. The zero-order chi connectivity index (χ0) is 19.4. The molecule has 0 aliphatic carbocycles. The first kappa shape index (κ1) is 19.1. The summed E-state index contributed by atoms with van der Waals surface area (Å²) >= 11 is 1.36. The number of para-hydroxylation sites is 1. The number of benzene rings is 2. The molecule has 1 aromatic heterocycles. The van der Waals surface area contributed by atoms with E-state index in [0.29, 0.717) is 40.3 Å². The van der Waals surface area contributed by atoms with Crippen molar-refractivity contribution in [2.75, 3.05) is 6.61 Å². The minimum absolute atomic E-state index is 0.0205. The van der Waals surface area contributed by atoms with Crippen LogP contribution in [0.15, 0.2) is 52.4 Å². The molecule has 0 saturated carbocycles. The van der Waals surface area contributed by atoms with Gasteiger partial charge in [0.1, 0.15) is 0 Å². The number of thioether (sulfide) groups is 1. The number of rotatable bonds is 7. The van der Waals surface area contributed by atoms with E-state index in [9.17, 15) is 14.9 Å². The fourth-order valence-electron chi connectivity index (χ4n) is 2.85. The number of nitro groups is 1. The van der Waals surface area contributed by atoms with Crippen LogP contribution in [0.5, 0.6) is 0 Å². The van der Waals surface area contributed by atoms with E-state index < -0.39 is 4.92 Å². The Morgan fingerprint density at radius 3 is 2.74 bits per heavy atom. The maximum Gasteiger partial charge on any atom is 0.272 e. The summed E-state index contributed by atoms with van der Waals surface area (Å²) in [7, 11) is 0. The molecule has 0 amide bonds. The van der Waals surface area contributed by atoms with E-state index >= 15 is 0 Å². The number of hydrogen-bond donors (Lipinski definition) is 1. The summed E-state index contributed by atoms with van der Waals surface area (Å²) in [5.41, 5.74) is 1.98. The molecule has 0 spiro atoms. The predicted molar refractivity (Wildman–Crippen MR) is 105 cm³/mol. The molecule has 27 heavy (non-hydrogen) atoms. The Morgan fingerprint density at radius 1 is 1.22 bits per heavy atom. The van der Waals surface area contributed by atoms with Gasteiger partial charge in [-0.05, 0) is 31.0 Å². The van der Waals surface area contributed by atoms with Crippen LogP contribution in [0.4, 0.5) is 5.69 Å². The summed E-state index contributed by atoms with van der Waals surface area (Å²) in [6.07, 6.45) is 0.448. The van der Waals surface area contributed by atoms with Crippen molar-refractivity contribution in [3.8, 4) is 0 Å². The van der Waals surface area contributed by atoms with Gasteiger partial charge < -0.3 is 5.11 Å². The van der Waals surface area contributed by atoms with E-state index in [4.69, 9.17) is 5.11 Å². The molecule has 0 atom stereocenters. The zero-order valence-electron chi connectivity index (χ0n) is 14.8. The Morgan fingerprint density at radius 2 is 2.00 bits per heavy atom. The summed E-state index contributed by atoms with van der Waals surface area (Å²) in [5, 5.41) is 21.3. The second-order valence-corrected chi connectivity index (χ2v) is 7.00. The molecule has 1 heterocycles. The van der Waals surface area contributed by atoms with Crippen LogP contribution in [-0.2, 0) is 12.3 Å². The molecule has 140 valence electrons. The standard InChI is InChI=1S/C19H19N3O4S/c1-13-14(6-4-9-17(13)22(25)26)12-27-19-20-16-8-3-2-7-15(16)18(24)21(19)10-5-11-23/h2-4,6-9,23H,5,10-12H2,1H3. The van der Waals surface area contributed by atoms with Gasteiger partial charge in [0, 0.05) is 30.5 Å². The first-order chi connectivity index (χ1) is 13.0. The van der Waals surface area contributed by atoms with Crippen LogP contribution in [0.25, 0.3) is 10.9 Å². The SMILES string of the molecule is Cc1c(CSc2nc3ccccc3c(=O)n2CCCO)cccc1[N+](=O)[O-]. The first-order valence-corrected chi connectivity index (χ1v) is 9.47. The first-order valence-electron chi connectivity index (χ1n) is 8.49. The molecule has 1 N–H and O–H groups in total. The van der Waals surface area contributed by atoms with Crippen molar-refractivity contribution in [3.05, 3.63) is 74.1 Å². The maximum atomic E-state index is 12.8. The summed E-state index contributed by atoms with van der Waals surface area (Å²) in [6.45, 7) is 2.07. The van der Waals surface area contributed by atoms with Gasteiger partial charge in [-0.15, -0.1) is 0 Å². The smallest absolute Gasteiger partial charge is 0.272 e. The van der Waals surface area contributed by atoms with Crippen LogP contribution >= 0.6 is 11.8 Å². The van der Waals surface area contributed by atoms with Crippen molar-refractivity contribution in [1.29, 1.82) is 0 Å². The van der Waals surface area contributed by atoms with Gasteiger partial charge in [-0.2, -0.15) is 0 Å². The summed E-state index contributed by atoms with van der Waals surface area (Å²) < 4.78 is 1.57. The lowest BCUT2D eigenvalue weighted by Gasteiger charge is -2.13. The van der Waals surface area contributed by atoms with Crippen LogP contribution in [0.3, 0.4) is 0 Å². The van der Waals surface area contributed by atoms with Crippen LogP contribution in [0.1, 0.15) is 17.5 Å². The van der Waals surface area contributed by atoms with E-state index in [1.54, 1.807) is 35.8 Å². The molecule has 0 bridgehead atoms. The Balaban J connectivity index is 1.98. The molecular weight excluding hydrogens is 366 g/mol. The summed E-state index contributed by atoms with van der Waals surface area (Å²) in [4.78, 5) is 28.2. The number of nitrogens with zero attached hydrogens (tertiary/aromatic N) is 3. The van der Waals surface area contributed by atoms with Crippen molar-refractivity contribution in [2.45, 2.75) is 30.8 Å². The fraction of sp³-hybridized carbons (Fsp3) is 0.263. The quantitative estimate of drug-likeness (QED) is 0.290. The topological polar surface area (TPSA) is 98.3 Å². The molecule has 0 unspecified atom stereocenters. The molecule has 7 nitrogen and oxygen atoms in total. The van der Waals surface area contributed by atoms with Crippen LogP contribution in [0.2, 0.25) is 0 Å². The highest BCUT2D eigenvalue weighted by Gasteiger charge is 2.15. The Labute approximate surface area is 159 Å². The normalized spacial score (nSPS) is 11.0. The third kappa shape index (κ3) is 4.01. The largest absolute Gasteiger partial charge is 0.396 e. The number of aromatic nitrogens is 2. The molecule has 0 fully saturated rings. The lowest BCUT2D eigenvalue weighted by molar-refractivity contribution is -0.385. The molecule has 8 heteroatoms. The van der Waals surface area contributed by atoms with Crippen LogP contribution < -0.4 is 5.56 Å². The lowest BCUT2D eigenvalue weighted by Crippen LogP contribution is -2.24. The van der Waals surface area contributed by atoms with Crippen LogP contribution in [0, 0.1) is 17.0 Å². The van der Waals surface area contributed by atoms with Crippen LogP contribution in [-0.4, -0.2) is 26.2 Å². The Hall–Kier alpha value is -2.71. The Bertz CT molecular complexity index is 1050. The number of hydrogen-bond acceptors (Lipinski definition) is 6. The average Bonchev–Trinajstić information content (AvgIpc) is 2.66. The van der Waals surface area contributed by atoms with Crippen molar-refractivity contribution in [2.24, 2.45) is 0 Å². The van der Waals surface area contributed by atoms with Gasteiger partial charge in [0.05, 0.1) is 15.8 Å². The second-order valence-electron chi connectivity index (χ2n) is 6.05. The van der Waals surface area contributed by atoms with Crippen molar-refractivity contribution >= 4 is 28.4 Å². The number of aliphatic hydroxyl groups is 1. The number of aliphatic hydroxyl groups excluding tert-OH is 1. The Kier molecular flexibility index (Phi) is 5.88. The third-order valence-corrected chi connectivity index (χ3v) is 5.36. The minimum atomic E-state index is -0.394. The van der Waals surface area contributed by atoms with E-state index in [-0.39, 0.29) is 17.9 Å². The molecule has 3 aromatic rings. The molecule has 0 aliphatic heterocycles. The van der Waals surface area contributed by atoms with Gasteiger partial charge in [0.2, 0.25) is 0 Å². The van der Waals surface area contributed by atoms with E-state index in [2.05, 4.69) is 4.98 Å². The molecule has 0 radical (unpaired) electrons. The van der Waals surface area contributed by atoms with Crippen molar-refractivity contribution in [3.63, 3.8) is 0 Å². The highest BCUT2D eigenvalue weighted by molar-refractivity contribution is 7.98. The van der Waals surface area contributed by atoms with E-state index in [1.807, 2.05) is 12.1 Å². The molecule has 3 rings (SSSR count). The van der Waals surface area contributed by atoms with Gasteiger partial charge in [-0.3, -0.25) is 19.5 Å². The monoisotopic (exact) mass is 385 g/mol. The highest BCUT2D eigenvalue weighted by atomic mass is 32.2. The summed E-state index contributed by atoms with van der Waals surface area (Å²) in [5.74, 6) is 0.456. The second kappa shape index (κ2) is 8.32. The highest BCUT2D eigenvalue weighted by Crippen LogP contribution is 2.28. The van der Waals surface area contributed by atoms with Gasteiger partial charge in [0.25, 0.3) is 11.2 Å². The molecule has 0 aliphatic rings. The average molecular weight is 385 g/mol. The van der Waals surface area contributed by atoms with Gasteiger partial charge in [0.15, 0.2) is 5.16 Å². The predicted octanol–water partition coefficient (Wildman–Crippen LogP) is 3.29. The fourth-order valence-corrected chi connectivity index (χ4v) is 3.94. The lowest BCUT2D eigenvalue weighted by atomic mass is 10.1. The van der Waals surface area contributed by atoms with Crippen molar-refractivity contribution < 1.29 is 10.0 Å². The minimum Gasteiger partial charge on any atom is -0.396 e. The number of fused-ring (bicyclic) bond motifs is 1. The van der Waals surface area contributed by atoms with Gasteiger partial charge in [-0.25, -0.2) is 4.98 Å². The number of nitro benzene ring substituents is 1.